The quantitative estimate of drug-likeness (QED) is 0.901. The minimum Gasteiger partial charge on any atom is -0.375 e. The van der Waals surface area contributed by atoms with Crippen LogP contribution in [0.4, 0.5) is 5.00 Å². The van der Waals surface area contributed by atoms with Crippen molar-refractivity contribution < 1.29 is 4.74 Å². The van der Waals surface area contributed by atoms with Gasteiger partial charge in [0.2, 0.25) is 0 Å². The molecular weight excluding hydrogens is 248 g/mol. The molecule has 0 spiro atoms. The fourth-order valence-electron chi connectivity index (χ4n) is 3.00. The number of ether oxygens (including phenoxy) is 1. The second-order valence-electron chi connectivity index (χ2n) is 4.96. The SMILES string of the molecule is CCNc1snnc1CN1CCOC2CCCC21. The lowest BCUT2D eigenvalue weighted by Gasteiger charge is -2.37. The van der Waals surface area contributed by atoms with Crippen LogP contribution in [0.3, 0.4) is 0 Å². The monoisotopic (exact) mass is 268 g/mol. The molecular formula is C12H20N4OS. The lowest BCUT2D eigenvalue weighted by atomic mass is 10.1. The highest BCUT2D eigenvalue weighted by Gasteiger charge is 2.36. The molecule has 0 aromatic carbocycles. The zero-order valence-corrected chi connectivity index (χ0v) is 11.6. The first-order chi connectivity index (χ1) is 8.88. The van der Waals surface area contributed by atoms with Crippen LogP contribution in [0.5, 0.6) is 0 Å². The molecule has 1 aliphatic carbocycles. The van der Waals surface area contributed by atoms with Gasteiger partial charge in [-0.3, -0.25) is 4.90 Å². The van der Waals surface area contributed by atoms with E-state index in [0.29, 0.717) is 12.1 Å². The van der Waals surface area contributed by atoms with Crippen molar-refractivity contribution in [1.82, 2.24) is 14.5 Å². The zero-order valence-electron chi connectivity index (χ0n) is 10.8. The van der Waals surface area contributed by atoms with E-state index in [0.717, 1.165) is 36.9 Å². The highest BCUT2D eigenvalue weighted by atomic mass is 32.1. The third kappa shape index (κ3) is 2.37. The summed E-state index contributed by atoms with van der Waals surface area (Å²) in [4.78, 5) is 2.53. The van der Waals surface area contributed by atoms with Crippen LogP contribution >= 0.6 is 11.5 Å². The summed E-state index contributed by atoms with van der Waals surface area (Å²) in [7, 11) is 0. The Hall–Kier alpha value is -0.720. The summed E-state index contributed by atoms with van der Waals surface area (Å²) in [5, 5.41) is 8.73. The summed E-state index contributed by atoms with van der Waals surface area (Å²) in [6.45, 7) is 5.81. The van der Waals surface area contributed by atoms with Crippen LogP contribution in [0.2, 0.25) is 0 Å². The normalized spacial score (nSPS) is 28.3. The molecule has 100 valence electrons. The minimum atomic E-state index is 0.452. The summed E-state index contributed by atoms with van der Waals surface area (Å²) in [6.07, 6.45) is 4.23. The van der Waals surface area contributed by atoms with Gasteiger partial charge in [0.15, 0.2) is 0 Å². The van der Waals surface area contributed by atoms with Gasteiger partial charge in [-0.05, 0) is 26.2 Å². The molecule has 6 heteroatoms. The molecule has 2 aliphatic rings. The molecule has 1 N–H and O–H groups in total. The average molecular weight is 268 g/mol. The standard InChI is InChI=1S/C12H20N4OS/c1-2-13-12-9(14-15-18-12)8-16-6-7-17-11-5-3-4-10(11)16/h10-11,13H,2-8H2,1H3. The van der Waals surface area contributed by atoms with Gasteiger partial charge >= 0.3 is 0 Å². The second-order valence-corrected chi connectivity index (χ2v) is 5.71. The summed E-state index contributed by atoms with van der Waals surface area (Å²) >= 11 is 1.46. The minimum absolute atomic E-state index is 0.452. The molecule has 2 heterocycles. The van der Waals surface area contributed by atoms with Gasteiger partial charge in [-0.15, -0.1) is 5.10 Å². The molecule has 2 unspecified atom stereocenters. The Bertz CT molecular complexity index is 397. The number of morpholine rings is 1. The van der Waals surface area contributed by atoms with Gasteiger partial charge in [0.1, 0.15) is 10.7 Å². The molecule has 5 nitrogen and oxygen atoms in total. The van der Waals surface area contributed by atoms with Gasteiger partial charge in [0.05, 0.1) is 12.7 Å². The summed E-state index contributed by atoms with van der Waals surface area (Å²) in [5.41, 5.74) is 1.09. The highest BCUT2D eigenvalue weighted by molar-refractivity contribution is 7.10. The van der Waals surface area contributed by atoms with Crippen molar-refractivity contribution in [2.75, 3.05) is 25.0 Å². The zero-order chi connectivity index (χ0) is 12.4. The van der Waals surface area contributed by atoms with Crippen LogP contribution in [-0.4, -0.2) is 46.3 Å². The number of nitrogens with one attached hydrogen (secondary N) is 1. The molecule has 0 bridgehead atoms. The Kier molecular flexibility index (Phi) is 3.77. The van der Waals surface area contributed by atoms with E-state index >= 15 is 0 Å². The number of anilines is 1. The molecule has 2 fully saturated rings. The van der Waals surface area contributed by atoms with E-state index in [1.54, 1.807) is 0 Å². The van der Waals surface area contributed by atoms with Crippen LogP contribution < -0.4 is 5.32 Å². The first kappa shape index (κ1) is 12.3. The molecule has 1 aliphatic heterocycles. The Balaban J connectivity index is 1.69. The van der Waals surface area contributed by atoms with Crippen molar-refractivity contribution in [3.63, 3.8) is 0 Å². The topological polar surface area (TPSA) is 50.3 Å². The van der Waals surface area contributed by atoms with Gasteiger partial charge in [-0.2, -0.15) is 0 Å². The first-order valence-electron chi connectivity index (χ1n) is 6.79. The summed E-state index contributed by atoms with van der Waals surface area (Å²) in [6, 6.07) is 0.593. The molecule has 2 atom stereocenters. The molecule has 0 radical (unpaired) electrons. The van der Waals surface area contributed by atoms with Crippen LogP contribution in [0.1, 0.15) is 31.9 Å². The van der Waals surface area contributed by atoms with E-state index in [9.17, 15) is 0 Å². The fourth-order valence-corrected chi connectivity index (χ4v) is 3.64. The molecule has 1 saturated carbocycles. The van der Waals surface area contributed by atoms with Crippen LogP contribution in [-0.2, 0) is 11.3 Å². The molecule has 18 heavy (non-hydrogen) atoms. The van der Waals surface area contributed by atoms with Gasteiger partial charge in [0.25, 0.3) is 0 Å². The number of rotatable bonds is 4. The lowest BCUT2D eigenvalue weighted by Crippen LogP contribution is -2.47. The van der Waals surface area contributed by atoms with Gasteiger partial charge in [-0.1, -0.05) is 4.49 Å². The maximum Gasteiger partial charge on any atom is 0.134 e. The van der Waals surface area contributed by atoms with Crippen molar-refractivity contribution >= 4 is 16.5 Å². The number of hydrogen-bond acceptors (Lipinski definition) is 6. The Labute approximate surface area is 112 Å². The van der Waals surface area contributed by atoms with E-state index in [-0.39, 0.29) is 0 Å². The van der Waals surface area contributed by atoms with Gasteiger partial charge < -0.3 is 10.1 Å². The first-order valence-corrected chi connectivity index (χ1v) is 7.56. The maximum atomic E-state index is 5.84. The number of fused-ring (bicyclic) bond motifs is 1. The van der Waals surface area contributed by atoms with Crippen molar-refractivity contribution in [2.45, 2.75) is 44.9 Å². The number of nitrogens with zero attached hydrogens (tertiary/aromatic N) is 3. The molecule has 3 rings (SSSR count). The molecule has 0 amide bonds. The highest BCUT2D eigenvalue weighted by Crippen LogP contribution is 2.31. The average Bonchev–Trinajstić information content (AvgIpc) is 3.00. The smallest absolute Gasteiger partial charge is 0.134 e. The predicted octanol–water partition coefficient (Wildman–Crippen LogP) is 1.72. The Morgan fingerprint density at radius 1 is 1.50 bits per heavy atom. The van der Waals surface area contributed by atoms with Crippen molar-refractivity contribution in [1.29, 1.82) is 0 Å². The van der Waals surface area contributed by atoms with Crippen molar-refractivity contribution in [3.05, 3.63) is 5.69 Å². The maximum absolute atomic E-state index is 5.84. The lowest BCUT2D eigenvalue weighted by molar-refractivity contribution is -0.0591. The molecule has 1 saturated heterocycles. The predicted molar refractivity (Wildman–Crippen MR) is 71.9 cm³/mol. The molecule has 1 aromatic rings. The Morgan fingerprint density at radius 3 is 3.33 bits per heavy atom. The van der Waals surface area contributed by atoms with E-state index in [1.165, 1.54) is 30.8 Å². The summed E-state index contributed by atoms with van der Waals surface area (Å²) in [5.74, 6) is 0. The molecule has 1 aromatic heterocycles. The van der Waals surface area contributed by atoms with Crippen molar-refractivity contribution in [3.8, 4) is 0 Å². The summed E-state index contributed by atoms with van der Waals surface area (Å²) < 4.78 is 9.90. The van der Waals surface area contributed by atoms with E-state index in [1.807, 2.05) is 0 Å². The third-order valence-electron chi connectivity index (χ3n) is 3.84. The van der Waals surface area contributed by atoms with E-state index in [2.05, 4.69) is 26.7 Å². The third-order valence-corrected chi connectivity index (χ3v) is 4.57. The fraction of sp³-hybridized carbons (Fsp3) is 0.833. The van der Waals surface area contributed by atoms with Gasteiger partial charge in [-0.25, -0.2) is 0 Å². The number of aromatic nitrogens is 2. The van der Waals surface area contributed by atoms with Crippen molar-refractivity contribution in [2.24, 2.45) is 0 Å². The van der Waals surface area contributed by atoms with E-state index in [4.69, 9.17) is 4.74 Å². The van der Waals surface area contributed by atoms with Gasteiger partial charge in [0, 0.05) is 37.2 Å². The Morgan fingerprint density at radius 2 is 2.44 bits per heavy atom. The van der Waals surface area contributed by atoms with Crippen LogP contribution in [0, 0.1) is 0 Å². The largest absolute Gasteiger partial charge is 0.375 e. The van der Waals surface area contributed by atoms with Crippen LogP contribution in [0.25, 0.3) is 0 Å². The van der Waals surface area contributed by atoms with Crippen LogP contribution in [0.15, 0.2) is 0 Å². The number of hydrogen-bond donors (Lipinski definition) is 1. The second kappa shape index (κ2) is 5.50. The van der Waals surface area contributed by atoms with E-state index < -0.39 is 0 Å².